The molecule has 16 heavy (non-hydrogen) atoms. The number of aliphatic carboxylic acids is 1. The van der Waals surface area contributed by atoms with Gasteiger partial charge in [-0.2, -0.15) is 5.26 Å². The zero-order valence-corrected chi connectivity index (χ0v) is 11.8. The van der Waals surface area contributed by atoms with Crippen molar-refractivity contribution in [3.63, 3.8) is 0 Å². The first kappa shape index (κ1) is 15.1. The Morgan fingerprint density at radius 3 is 2.25 bits per heavy atom. The lowest BCUT2D eigenvalue weighted by Crippen LogP contribution is -2.26. The van der Waals surface area contributed by atoms with Crippen molar-refractivity contribution in [3.05, 3.63) is 21.3 Å². The molecule has 0 radical (unpaired) electrons. The molecule has 0 bridgehead atoms. The Bertz CT molecular complexity index is 362. The minimum atomic E-state index is -1.05. The Labute approximate surface area is 108 Å². The third kappa shape index (κ3) is 5.89. The first-order valence-corrected chi connectivity index (χ1v) is 6.27. The van der Waals surface area contributed by atoms with Gasteiger partial charge in [0.05, 0.1) is 9.86 Å². The van der Waals surface area contributed by atoms with E-state index in [0.29, 0.717) is 0 Å². The van der Waals surface area contributed by atoms with E-state index in [-0.39, 0.29) is 0 Å². The van der Waals surface area contributed by atoms with Crippen LogP contribution in [0, 0.1) is 22.7 Å². The summed E-state index contributed by atoms with van der Waals surface area (Å²) in [6.07, 6.45) is 0. The zero-order chi connectivity index (χ0) is 12.8. The lowest BCUT2D eigenvalue weighted by molar-refractivity contribution is -0.142. The van der Waals surface area contributed by atoms with Crippen LogP contribution in [-0.2, 0) is 4.79 Å². The van der Waals surface area contributed by atoms with Crippen molar-refractivity contribution < 1.29 is 9.90 Å². The fourth-order valence-electron chi connectivity index (χ4n) is 0.878. The van der Waals surface area contributed by atoms with Crippen LogP contribution in [0.1, 0.15) is 20.8 Å². The Hall–Kier alpha value is -0.860. The number of rotatable bonds is 1. The largest absolute Gasteiger partial charge is 0.480 e. The summed E-state index contributed by atoms with van der Waals surface area (Å²) in [6, 6.07) is 5.77. The molecule has 1 heterocycles. The van der Waals surface area contributed by atoms with E-state index in [0.717, 1.165) is 0 Å². The van der Waals surface area contributed by atoms with Gasteiger partial charge in [-0.15, -0.1) is 11.3 Å². The third-order valence-electron chi connectivity index (χ3n) is 1.73. The molecule has 0 spiro atoms. The van der Waals surface area contributed by atoms with Gasteiger partial charge < -0.3 is 5.11 Å². The summed E-state index contributed by atoms with van der Waals surface area (Å²) in [6.45, 7) is 5.19. The quantitative estimate of drug-likeness (QED) is 0.859. The van der Waals surface area contributed by atoms with Crippen molar-refractivity contribution in [1.82, 2.24) is 0 Å². The second-order valence-corrected chi connectivity index (χ2v) is 6.51. The third-order valence-corrected chi connectivity index (χ3v) is 3.21. The average molecular weight is 304 g/mol. The van der Waals surface area contributed by atoms with Gasteiger partial charge in [-0.1, -0.05) is 26.8 Å². The summed E-state index contributed by atoms with van der Waals surface area (Å²) in [4.78, 5) is 10.4. The highest BCUT2D eigenvalue weighted by Crippen LogP contribution is 2.24. The highest BCUT2D eigenvalue weighted by atomic mass is 79.9. The van der Waals surface area contributed by atoms with Gasteiger partial charge in [0.1, 0.15) is 5.92 Å². The van der Waals surface area contributed by atoms with Crippen LogP contribution in [0.5, 0.6) is 0 Å². The molecule has 0 amide bonds. The first-order chi connectivity index (χ1) is 7.29. The zero-order valence-electron chi connectivity index (χ0n) is 9.40. The van der Waals surface area contributed by atoms with E-state index in [4.69, 9.17) is 10.4 Å². The van der Waals surface area contributed by atoms with Crippen LogP contribution in [0.4, 0.5) is 0 Å². The lowest BCUT2D eigenvalue weighted by Gasteiger charge is -2.20. The summed E-state index contributed by atoms with van der Waals surface area (Å²) in [5, 5.41) is 18.9. The average Bonchev–Trinajstić information content (AvgIpc) is 2.54. The first-order valence-electron chi connectivity index (χ1n) is 4.60. The van der Waals surface area contributed by atoms with Crippen LogP contribution in [-0.4, -0.2) is 11.1 Å². The van der Waals surface area contributed by atoms with Crippen molar-refractivity contribution in [3.8, 4) is 6.07 Å². The van der Waals surface area contributed by atoms with Crippen molar-refractivity contribution in [2.75, 3.05) is 0 Å². The summed E-state index contributed by atoms with van der Waals surface area (Å²) >= 11 is 4.99. The van der Waals surface area contributed by atoms with Gasteiger partial charge in [0.15, 0.2) is 0 Å². The molecule has 1 aromatic heterocycles. The van der Waals surface area contributed by atoms with Crippen LogP contribution in [0.3, 0.4) is 0 Å². The van der Waals surface area contributed by atoms with Crippen LogP contribution in [0.25, 0.3) is 0 Å². The van der Waals surface area contributed by atoms with Crippen LogP contribution in [0.15, 0.2) is 21.3 Å². The van der Waals surface area contributed by atoms with Gasteiger partial charge in [-0.3, -0.25) is 4.79 Å². The molecule has 0 aromatic carbocycles. The monoisotopic (exact) mass is 303 g/mol. The Morgan fingerprint density at radius 1 is 1.62 bits per heavy atom. The molecule has 1 aromatic rings. The number of nitriles is 1. The molecule has 5 heteroatoms. The predicted molar refractivity (Wildman–Crippen MR) is 68.2 cm³/mol. The van der Waals surface area contributed by atoms with E-state index in [1.165, 1.54) is 3.79 Å². The summed E-state index contributed by atoms with van der Waals surface area (Å²) in [5.74, 6) is -1.96. The summed E-state index contributed by atoms with van der Waals surface area (Å²) in [5.41, 5.74) is -0.472. The summed E-state index contributed by atoms with van der Waals surface area (Å²) < 4.78 is 1.20. The second-order valence-electron chi connectivity index (χ2n) is 4.18. The van der Waals surface area contributed by atoms with E-state index >= 15 is 0 Å². The molecule has 3 nitrogen and oxygen atoms in total. The molecular formula is C11H14BrNO2S. The molecule has 0 aliphatic rings. The number of carboxylic acids is 1. The van der Waals surface area contributed by atoms with Crippen LogP contribution in [0.2, 0.25) is 0 Å². The van der Waals surface area contributed by atoms with Crippen LogP contribution >= 0.6 is 27.3 Å². The number of halogens is 1. The molecule has 88 valence electrons. The van der Waals surface area contributed by atoms with E-state index in [1.54, 1.807) is 38.2 Å². The number of hydrogen-bond donors (Lipinski definition) is 1. The number of carbonyl (C=O) groups is 1. The van der Waals surface area contributed by atoms with Crippen LogP contribution < -0.4 is 0 Å². The molecule has 0 aliphatic heterocycles. The number of nitrogens with zero attached hydrogens (tertiary/aromatic N) is 1. The number of carboxylic acid groups (broad SMARTS) is 1. The fourth-order valence-corrected chi connectivity index (χ4v) is 1.80. The van der Waals surface area contributed by atoms with Gasteiger partial charge >= 0.3 is 5.97 Å². The molecule has 0 fully saturated rings. The van der Waals surface area contributed by atoms with Gasteiger partial charge in [-0.25, -0.2) is 0 Å². The van der Waals surface area contributed by atoms with Crippen molar-refractivity contribution >= 4 is 33.2 Å². The predicted octanol–water partition coefficient (Wildman–Crippen LogP) is 3.77. The van der Waals surface area contributed by atoms with Gasteiger partial charge in [0.25, 0.3) is 0 Å². The standard InChI is InChI=1S/C7H11NO2.C4H3BrS/c1-7(2,3)5(4-8)6(9)10;5-4-2-1-3-6-4/h5H,1-3H3,(H,9,10);1-3H. The second kappa shape index (κ2) is 6.66. The number of thiophene rings is 1. The SMILES string of the molecule is Brc1cccs1.CC(C)(C)C(C#N)C(=O)O. The smallest absolute Gasteiger partial charge is 0.321 e. The highest BCUT2D eigenvalue weighted by Gasteiger charge is 2.30. The molecule has 1 atom stereocenters. The van der Waals surface area contributed by atoms with E-state index in [9.17, 15) is 4.79 Å². The van der Waals surface area contributed by atoms with Gasteiger partial charge in [-0.05, 0) is 32.8 Å². The van der Waals surface area contributed by atoms with Crippen molar-refractivity contribution in [2.45, 2.75) is 20.8 Å². The van der Waals surface area contributed by atoms with E-state index in [2.05, 4.69) is 15.9 Å². The maximum Gasteiger partial charge on any atom is 0.321 e. The van der Waals surface area contributed by atoms with E-state index in [1.807, 2.05) is 17.5 Å². The van der Waals surface area contributed by atoms with E-state index < -0.39 is 17.3 Å². The van der Waals surface area contributed by atoms with Crippen molar-refractivity contribution in [2.24, 2.45) is 11.3 Å². The highest BCUT2D eigenvalue weighted by molar-refractivity contribution is 9.11. The van der Waals surface area contributed by atoms with Crippen molar-refractivity contribution in [1.29, 1.82) is 5.26 Å². The summed E-state index contributed by atoms with van der Waals surface area (Å²) in [7, 11) is 0. The number of hydrogen-bond acceptors (Lipinski definition) is 3. The molecule has 0 saturated heterocycles. The van der Waals surface area contributed by atoms with Gasteiger partial charge in [0.2, 0.25) is 0 Å². The topological polar surface area (TPSA) is 61.1 Å². The molecule has 1 rings (SSSR count). The molecule has 0 aliphatic carbocycles. The lowest BCUT2D eigenvalue weighted by atomic mass is 9.82. The minimum absolute atomic E-state index is 0.472. The normalized spacial score (nSPS) is 11.9. The fraction of sp³-hybridized carbons (Fsp3) is 0.455. The Morgan fingerprint density at radius 2 is 2.19 bits per heavy atom. The van der Waals surface area contributed by atoms with Gasteiger partial charge in [0, 0.05) is 0 Å². The Balaban J connectivity index is 0.000000315. The maximum absolute atomic E-state index is 10.4. The molecular weight excluding hydrogens is 290 g/mol. The maximum atomic E-state index is 10.4. The molecule has 1 unspecified atom stereocenters. The Kier molecular flexibility index (Phi) is 6.31. The minimum Gasteiger partial charge on any atom is -0.480 e. The molecule has 1 N–H and O–H groups in total. The molecule has 0 saturated carbocycles.